The number of ether oxygens (including phenoxy) is 1. The Kier molecular flexibility index (Phi) is 5.23. The molecule has 0 fully saturated rings. The van der Waals surface area contributed by atoms with Crippen LogP contribution in [0.2, 0.25) is 0 Å². The van der Waals surface area contributed by atoms with E-state index in [4.69, 9.17) is 4.74 Å². The number of nitrogens with one attached hydrogen (secondary N) is 1. The Labute approximate surface area is 145 Å². The van der Waals surface area contributed by atoms with Crippen LogP contribution in [0.4, 0.5) is 5.13 Å². The van der Waals surface area contributed by atoms with Crippen LogP contribution in [0.5, 0.6) is 5.75 Å². The van der Waals surface area contributed by atoms with Crippen LogP contribution in [0.1, 0.15) is 12.0 Å². The van der Waals surface area contributed by atoms with Gasteiger partial charge < -0.3 is 10.1 Å². The third kappa shape index (κ3) is 4.20. The van der Waals surface area contributed by atoms with E-state index in [9.17, 15) is 4.79 Å². The highest BCUT2D eigenvalue weighted by Crippen LogP contribution is 2.27. The first-order valence-corrected chi connectivity index (χ1v) is 8.56. The number of benzene rings is 2. The molecule has 0 unspecified atom stereocenters. The molecular formula is C19H18N2O2S. The van der Waals surface area contributed by atoms with E-state index in [2.05, 4.69) is 10.3 Å². The van der Waals surface area contributed by atoms with Gasteiger partial charge in [-0.15, -0.1) is 11.3 Å². The summed E-state index contributed by atoms with van der Waals surface area (Å²) in [6.07, 6.45) is 1.17. The fourth-order valence-corrected chi connectivity index (χ4v) is 3.07. The predicted molar refractivity (Wildman–Crippen MR) is 97.5 cm³/mol. The van der Waals surface area contributed by atoms with Crippen LogP contribution >= 0.6 is 11.3 Å². The van der Waals surface area contributed by atoms with Gasteiger partial charge in [0.15, 0.2) is 5.13 Å². The third-order valence-corrected chi connectivity index (χ3v) is 4.36. The Morgan fingerprint density at radius 1 is 1.17 bits per heavy atom. The fourth-order valence-electron chi connectivity index (χ4n) is 2.33. The van der Waals surface area contributed by atoms with Gasteiger partial charge in [0.1, 0.15) is 5.75 Å². The summed E-state index contributed by atoms with van der Waals surface area (Å²) in [5, 5.41) is 5.42. The summed E-state index contributed by atoms with van der Waals surface area (Å²) in [4.78, 5) is 16.5. The van der Waals surface area contributed by atoms with E-state index >= 15 is 0 Å². The molecule has 0 spiro atoms. The Bertz CT molecular complexity index is 815. The molecule has 0 atom stereocenters. The van der Waals surface area contributed by atoms with E-state index in [0.717, 1.165) is 29.0 Å². The molecule has 24 heavy (non-hydrogen) atoms. The summed E-state index contributed by atoms with van der Waals surface area (Å²) < 4.78 is 5.23. The van der Waals surface area contributed by atoms with Gasteiger partial charge in [0.25, 0.3) is 0 Å². The number of hydrogen-bond acceptors (Lipinski definition) is 4. The largest absolute Gasteiger partial charge is 0.497 e. The Morgan fingerprint density at radius 3 is 2.79 bits per heavy atom. The molecule has 0 radical (unpaired) electrons. The quantitative estimate of drug-likeness (QED) is 0.725. The van der Waals surface area contributed by atoms with Crippen molar-refractivity contribution in [2.75, 3.05) is 12.4 Å². The van der Waals surface area contributed by atoms with Crippen LogP contribution in [0.25, 0.3) is 11.3 Å². The van der Waals surface area contributed by atoms with Crippen molar-refractivity contribution in [2.24, 2.45) is 0 Å². The summed E-state index contributed by atoms with van der Waals surface area (Å²) >= 11 is 1.42. The van der Waals surface area contributed by atoms with Crippen molar-refractivity contribution in [2.45, 2.75) is 12.8 Å². The smallest absolute Gasteiger partial charge is 0.226 e. The Morgan fingerprint density at radius 2 is 2.00 bits per heavy atom. The molecular weight excluding hydrogens is 320 g/mol. The summed E-state index contributed by atoms with van der Waals surface area (Å²) in [6, 6.07) is 17.7. The summed E-state index contributed by atoms with van der Waals surface area (Å²) in [5.74, 6) is 0.763. The number of amides is 1. The van der Waals surface area contributed by atoms with Crippen molar-refractivity contribution in [1.29, 1.82) is 0 Å². The van der Waals surface area contributed by atoms with Gasteiger partial charge in [0, 0.05) is 17.4 Å². The Balaban J connectivity index is 1.60. The van der Waals surface area contributed by atoms with Gasteiger partial charge in [-0.25, -0.2) is 4.98 Å². The molecule has 0 saturated heterocycles. The number of thiazole rings is 1. The minimum Gasteiger partial charge on any atom is -0.497 e. The van der Waals surface area contributed by atoms with E-state index in [1.54, 1.807) is 7.11 Å². The molecule has 0 bridgehead atoms. The van der Waals surface area contributed by atoms with E-state index < -0.39 is 0 Å². The lowest BCUT2D eigenvalue weighted by molar-refractivity contribution is -0.116. The van der Waals surface area contributed by atoms with Gasteiger partial charge in [-0.2, -0.15) is 0 Å². The lowest BCUT2D eigenvalue weighted by atomic mass is 10.1. The normalized spacial score (nSPS) is 10.4. The van der Waals surface area contributed by atoms with E-state index in [0.29, 0.717) is 11.6 Å². The molecule has 5 heteroatoms. The van der Waals surface area contributed by atoms with Gasteiger partial charge in [-0.1, -0.05) is 42.5 Å². The number of rotatable bonds is 6. The lowest BCUT2D eigenvalue weighted by Gasteiger charge is -2.03. The maximum Gasteiger partial charge on any atom is 0.226 e. The van der Waals surface area contributed by atoms with Gasteiger partial charge >= 0.3 is 0 Å². The second-order valence-corrected chi connectivity index (χ2v) is 6.16. The van der Waals surface area contributed by atoms with E-state index in [1.807, 2.05) is 60.0 Å². The molecule has 1 amide bonds. The molecule has 3 rings (SSSR count). The first-order valence-electron chi connectivity index (χ1n) is 7.68. The van der Waals surface area contributed by atoms with Crippen molar-refractivity contribution in [3.63, 3.8) is 0 Å². The molecule has 0 aliphatic heterocycles. The molecule has 1 heterocycles. The molecule has 2 aromatic carbocycles. The molecule has 0 saturated carbocycles. The van der Waals surface area contributed by atoms with Crippen molar-refractivity contribution < 1.29 is 9.53 Å². The first-order chi connectivity index (χ1) is 11.7. The minimum absolute atomic E-state index is 0.0228. The molecule has 0 aliphatic carbocycles. The highest BCUT2D eigenvalue weighted by atomic mass is 32.1. The van der Waals surface area contributed by atoms with Crippen LogP contribution in [0, 0.1) is 0 Å². The summed E-state index contributed by atoms with van der Waals surface area (Å²) in [6.45, 7) is 0. The van der Waals surface area contributed by atoms with E-state index in [-0.39, 0.29) is 5.91 Å². The average molecular weight is 338 g/mol. The number of hydrogen-bond donors (Lipinski definition) is 1. The SMILES string of the molecule is COc1cccc(-c2csc(NC(=O)CCc3ccccc3)n2)c1. The highest BCUT2D eigenvalue weighted by molar-refractivity contribution is 7.14. The van der Waals surface area contributed by atoms with Crippen molar-refractivity contribution in [1.82, 2.24) is 4.98 Å². The average Bonchev–Trinajstić information content (AvgIpc) is 3.09. The maximum atomic E-state index is 12.1. The number of carbonyl (C=O) groups excluding carboxylic acids is 1. The highest BCUT2D eigenvalue weighted by Gasteiger charge is 2.09. The zero-order chi connectivity index (χ0) is 16.8. The van der Waals surface area contributed by atoms with Gasteiger partial charge in [-0.3, -0.25) is 4.79 Å². The molecule has 122 valence electrons. The van der Waals surface area contributed by atoms with Gasteiger partial charge in [0.2, 0.25) is 5.91 Å². The van der Waals surface area contributed by atoms with Crippen LogP contribution < -0.4 is 10.1 Å². The van der Waals surface area contributed by atoms with Crippen LogP contribution in [0.3, 0.4) is 0 Å². The first kappa shape index (κ1) is 16.2. The predicted octanol–water partition coefficient (Wildman–Crippen LogP) is 4.39. The molecule has 3 aromatic rings. The maximum absolute atomic E-state index is 12.1. The number of anilines is 1. The molecule has 0 aliphatic rings. The summed E-state index contributed by atoms with van der Waals surface area (Å²) in [7, 11) is 1.64. The van der Waals surface area contributed by atoms with E-state index in [1.165, 1.54) is 11.3 Å². The molecule has 1 aromatic heterocycles. The van der Waals surface area contributed by atoms with Gasteiger partial charge in [0.05, 0.1) is 12.8 Å². The molecule has 1 N–H and O–H groups in total. The monoisotopic (exact) mass is 338 g/mol. The van der Waals surface area contributed by atoms with Gasteiger partial charge in [-0.05, 0) is 24.1 Å². The lowest BCUT2D eigenvalue weighted by Crippen LogP contribution is -2.12. The van der Waals surface area contributed by atoms with Crippen molar-refractivity contribution in [3.05, 3.63) is 65.5 Å². The second kappa shape index (κ2) is 7.75. The van der Waals surface area contributed by atoms with Crippen molar-refractivity contribution in [3.8, 4) is 17.0 Å². The van der Waals surface area contributed by atoms with Crippen LogP contribution in [-0.4, -0.2) is 18.0 Å². The number of methoxy groups -OCH3 is 1. The standard InChI is InChI=1S/C19H18N2O2S/c1-23-16-9-5-8-15(12-16)17-13-24-19(20-17)21-18(22)11-10-14-6-3-2-4-7-14/h2-9,12-13H,10-11H2,1H3,(H,20,21,22). The van der Waals surface area contributed by atoms with Crippen molar-refractivity contribution >= 4 is 22.4 Å². The third-order valence-electron chi connectivity index (χ3n) is 3.60. The minimum atomic E-state index is -0.0228. The topological polar surface area (TPSA) is 51.2 Å². The number of aryl methyl sites for hydroxylation is 1. The number of carbonyl (C=O) groups is 1. The number of aromatic nitrogens is 1. The zero-order valence-electron chi connectivity index (χ0n) is 13.4. The number of nitrogens with zero attached hydrogens (tertiary/aromatic N) is 1. The zero-order valence-corrected chi connectivity index (χ0v) is 14.2. The Hall–Kier alpha value is -2.66. The second-order valence-electron chi connectivity index (χ2n) is 5.30. The molecule has 4 nitrogen and oxygen atoms in total. The van der Waals surface area contributed by atoms with Crippen LogP contribution in [-0.2, 0) is 11.2 Å². The summed E-state index contributed by atoms with van der Waals surface area (Å²) in [5.41, 5.74) is 2.96. The van der Waals surface area contributed by atoms with Crippen LogP contribution in [0.15, 0.2) is 60.0 Å². The fraction of sp³-hybridized carbons (Fsp3) is 0.158.